The van der Waals surface area contributed by atoms with Crippen molar-refractivity contribution in [2.24, 2.45) is 0 Å². The van der Waals surface area contributed by atoms with Crippen LogP contribution in [0.25, 0.3) is 48.4 Å². The van der Waals surface area contributed by atoms with Crippen molar-refractivity contribution < 1.29 is 13.7 Å². The Labute approximate surface area is 370 Å². The van der Waals surface area contributed by atoms with Crippen molar-refractivity contribution in [3.63, 3.8) is 0 Å². The molecule has 0 spiro atoms. The van der Waals surface area contributed by atoms with E-state index in [1.54, 1.807) is 0 Å². The summed E-state index contributed by atoms with van der Waals surface area (Å²) < 4.78 is 95.5. The molecule has 1 saturated carbocycles. The maximum Gasteiger partial charge on any atom is 0.179 e. The van der Waals surface area contributed by atoms with Crippen molar-refractivity contribution in [2.75, 3.05) is 4.90 Å². The summed E-state index contributed by atoms with van der Waals surface area (Å²) in [7, 11) is -4.58. The van der Waals surface area contributed by atoms with Gasteiger partial charge >= 0.3 is 0 Å². The van der Waals surface area contributed by atoms with Crippen LogP contribution < -0.4 is 25.6 Å². The second-order valence-corrected chi connectivity index (χ2v) is 21.3. The average Bonchev–Trinajstić information content (AvgIpc) is 4.05. The van der Waals surface area contributed by atoms with Crippen molar-refractivity contribution in [1.29, 1.82) is 0 Å². The highest BCUT2D eigenvalue weighted by atomic mass is 32.1. The third-order valence-corrected chi connectivity index (χ3v) is 19.2. The highest BCUT2D eigenvalue weighted by molar-refractivity contribution is 7.20. The Kier molecular flexibility index (Phi) is 5.96. The molecule has 2 atom stereocenters. The van der Waals surface area contributed by atoms with Gasteiger partial charge in [0, 0.05) is 61.3 Å². The monoisotopic (exact) mass is 817 g/mol. The summed E-state index contributed by atoms with van der Waals surface area (Å²) in [6, 6.07) is 31.2. The molecule has 60 heavy (non-hydrogen) atoms. The largest absolute Gasteiger partial charge is 0.334 e. The number of nitrogens with zero attached hydrogens (tertiary/aromatic N) is 3. The smallest absolute Gasteiger partial charge is 0.179 e. The highest BCUT2D eigenvalue weighted by Crippen LogP contribution is 2.60. The van der Waals surface area contributed by atoms with E-state index in [1.165, 1.54) is 22.6 Å². The quantitative estimate of drug-likeness (QED) is 0.123. The van der Waals surface area contributed by atoms with Crippen LogP contribution >= 0.6 is 11.3 Å². The Morgan fingerprint density at radius 3 is 2.25 bits per heavy atom. The fourth-order valence-corrected chi connectivity index (χ4v) is 15.9. The van der Waals surface area contributed by atoms with Crippen LogP contribution in [0.1, 0.15) is 58.8 Å². The SMILES string of the molecule is [2H]c1c([2H])c([2H])c([Si](c2cccc(-n3c4ccc(N5c6ccncc6C6(C)CCCCC56C)cc4c4ccc5ccccc5c43)c2)(c2ccc3sccc3c2)c2c([2H])c([2H])c([2H])c([2H])c2[2H])c([2H])c1[2H]. The van der Waals surface area contributed by atoms with E-state index in [1.807, 2.05) is 72.2 Å². The molecular weight excluding hydrogens is 763 g/mol. The second-order valence-electron chi connectivity index (χ2n) is 16.7. The average molecular weight is 818 g/mol. The number of anilines is 2. The maximum absolute atomic E-state index is 9.68. The third kappa shape index (κ3) is 4.91. The summed E-state index contributed by atoms with van der Waals surface area (Å²) in [6.45, 7) is 4.79. The molecule has 2 unspecified atom stereocenters. The number of hydrogen-bond donors (Lipinski definition) is 0. The molecule has 1 aliphatic carbocycles. The molecule has 0 radical (unpaired) electrons. The Balaban J connectivity index is 1.20. The molecule has 4 heterocycles. The van der Waals surface area contributed by atoms with Crippen molar-refractivity contribution in [3.05, 3.63) is 193 Å². The molecule has 2 aliphatic rings. The summed E-state index contributed by atoms with van der Waals surface area (Å²) >= 11 is 1.52. The molecule has 0 bridgehead atoms. The number of rotatable bonds is 6. The van der Waals surface area contributed by atoms with Gasteiger partial charge in [-0.15, -0.1) is 11.3 Å². The van der Waals surface area contributed by atoms with E-state index in [9.17, 15) is 5.48 Å². The van der Waals surface area contributed by atoms with Crippen LogP contribution in [0.5, 0.6) is 0 Å². The number of aromatic nitrogens is 2. The van der Waals surface area contributed by atoms with Gasteiger partial charge in [-0.05, 0) is 105 Å². The van der Waals surface area contributed by atoms with E-state index < -0.39 is 68.5 Å². The molecule has 290 valence electrons. The lowest BCUT2D eigenvalue weighted by Gasteiger charge is -2.50. The molecule has 5 heteroatoms. The molecule has 12 rings (SSSR count). The fraction of sp³-hybridized carbons (Fsp3) is 0.145. The van der Waals surface area contributed by atoms with Crippen LogP contribution in [-0.2, 0) is 5.41 Å². The summed E-state index contributed by atoms with van der Waals surface area (Å²) in [4.78, 5) is 7.16. The van der Waals surface area contributed by atoms with Gasteiger partial charge in [0.05, 0.1) is 30.3 Å². The Bertz CT molecular complexity index is 3760. The molecule has 3 nitrogen and oxygen atoms in total. The molecule has 10 aromatic rings. The first-order chi connectivity index (χ1) is 33.6. The lowest BCUT2D eigenvalue weighted by atomic mass is 9.62. The van der Waals surface area contributed by atoms with Gasteiger partial charge in [0.25, 0.3) is 0 Å². The predicted octanol–water partition coefficient (Wildman–Crippen LogP) is 11.7. The number of hydrogen-bond acceptors (Lipinski definition) is 3. The second kappa shape index (κ2) is 13.4. The summed E-state index contributed by atoms with van der Waals surface area (Å²) in [5.41, 5.74) is 5.77. The standard InChI is InChI=1S/C55H45N3SSi/c1-54-30-11-12-31-55(54,2)58(51-28-32-56-37-49(51)54)41-23-26-50-48(36-41)47-25-22-38-14-9-10-21-46(38)53(47)57(50)40-15-13-20-44(35-40)60(42-16-5-3-6-17-42,43-18-7-4-8-19-43)45-24-27-52-39(34-45)29-33-59-52/h3-10,13-29,32-37H,11-12,30-31H2,1-2H3/i3D,4D,5D,6D,7D,8D,16D,17D,18D,19D. The van der Waals surface area contributed by atoms with Crippen molar-refractivity contribution in [3.8, 4) is 5.69 Å². The third-order valence-electron chi connectivity index (χ3n) is 14.0. The first-order valence-electron chi connectivity index (χ1n) is 25.6. The van der Waals surface area contributed by atoms with Gasteiger partial charge in [-0.3, -0.25) is 4.98 Å². The number of benzene rings is 7. The molecule has 1 aliphatic heterocycles. The first-order valence-corrected chi connectivity index (χ1v) is 23.5. The first kappa shape index (κ1) is 26.7. The Morgan fingerprint density at radius 2 is 1.42 bits per heavy atom. The minimum atomic E-state index is -4.58. The van der Waals surface area contributed by atoms with E-state index in [0.717, 1.165) is 74.0 Å². The molecule has 3 aromatic heterocycles. The van der Waals surface area contributed by atoms with E-state index in [0.29, 0.717) is 16.1 Å². The zero-order valence-corrected chi connectivity index (χ0v) is 35.0. The fourth-order valence-electron chi connectivity index (χ4n) is 11.0. The van der Waals surface area contributed by atoms with Crippen LogP contribution in [0.15, 0.2) is 187 Å². The molecule has 7 aromatic carbocycles. The van der Waals surface area contributed by atoms with E-state index >= 15 is 0 Å². The molecule has 0 saturated heterocycles. The Morgan fingerprint density at radius 1 is 0.633 bits per heavy atom. The molecular formula is C55H45N3SSi. The van der Waals surface area contributed by atoms with Gasteiger partial charge in [0.2, 0.25) is 0 Å². The van der Waals surface area contributed by atoms with Gasteiger partial charge in [0.1, 0.15) is 0 Å². The zero-order chi connectivity index (χ0) is 48.8. The van der Waals surface area contributed by atoms with Gasteiger partial charge in [-0.1, -0.05) is 141 Å². The summed E-state index contributed by atoms with van der Waals surface area (Å²) in [6.07, 6.45) is 8.33. The topological polar surface area (TPSA) is 21.1 Å². The van der Waals surface area contributed by atoms with Crippen LogP contribution in [0.2, 0.25) is 0 Å². The van der Waals surface area contributed by atoms with Gasteiger partial charge < -0.3 is 9.47 Å². The van der Waals surface area contributed by atoms with Crippen LogP contribution in [0.3, 0.4) is 0 Å². The van der Waals surface area contributed by atoms with E-state index in [2.05, 4.69) is 83.0 Å². The predicted molar refractivity (Wildman–Crippen MR) is 258 cm³/mol. The highest BCUT2D eigenvalue weighted by Gasteiger charge is 2.57. The lowest BCUT2D eigenvalue weighted by Crippen LogP contribution is -2.74. The van der Waals surface area contributed by atoms with Gasteiger partial charge in [0.15, 0.2) is 8.07 Å². The van der Waals surface area contributed by atoms with Crippen molar-refractivity contribution in [1.82, 2.24) is 9.55 Å². The maximum atomic E-state index is 9.68. The van der Waals surface area contributed by atoms with Crippen LogP contribution in [0, 0.1) is 0 Å². The van der Waals surface area contributed by atoms with Gasteiger partial charge in [-0.25, -0.2) is 0 Å². The van der Waals surface area contributed by atoms with Crippen molar-refractivity contribution in [2.45, 2.75) is 50.5 Å². The summed E-state index contributed by atoms with van der Waals surface area (Å²) in [5, 5.41) is 7.66. The minimum Gasteiger partial charge on any atom is -0.334 e. The number of fused-ring (bicyclic) bond motifs is 9. The molecule has 1 fully saturated rings. The van der Waals surface area contributed by atoms with Crippen molar-refractivity contribution >= 4 is 94.2 Å². The van der Waals surface area contributed by atoms with E-state index in [4.69, 9.17) is 8.22 Å². The molecule has 0 amide bonds. The van der Waals surface area contributed by atoms with E-state index in [-0.39, 0.29) is 21.3 Å². The Hall–Kier alpha value is -6.27. The van der Waals surface area contributed by atoms with Crippen LogP contribution in [-0.4, -0.2) is 23.2 Å². The summed E-state index contributed by atoms with van der Waals surface area (Å²) in [5.74, 6) is 0. The number of pyridine rings is 1. The minimum absolute atomic E-state index is 0.0922. The van der Waals surface area contributed by atoms with Crippen LogP contribution in [0.4, 0.5) is 11.4 Å². The normalized spacial score (nSPS) is 21.3. The van der Waals surface area contributed by atoms with Gasteiger partial charge in [-0.2, -0.15) is 0 Å². The lowest BCUT2D eigenvalue weighted by molar-refractivity contribution is 0.194. The number of thiophene rings is 1. The zero-order valence-electron chi connectivity index (χ0n) is 43.2. The molecule has 0 N–H and O–H groups in total.